The maximum absolute atomic E-state index is 14.1. The lowest BCUT2D eigenvalue weighted by Crippen LogP contribution is -2.51. The highest BCUT2D eigenvalue weighted by atomic mass is 16.5. The van der Waals surface area contributed by atoms with E-state index in [1.165, 1.54) is 5.56 Å². The molecule has 3 amide bonds. The number of nitriles is 1. The molecular formula is C29H35N5O3. The molecule has 0 aromatic heterocycles. The van der Waals surface area contributed by atoms with E-state index in [4.69, 9.17) is 10.00 Å². The van der Waals surface area contributed by atoms with Crippen LogP contribution in [-0.2, 0) is 9.53 Å². The normalized spacial score (nSPS) is 26.3. The van der Waals surface area contributed by atoms with Crippen molar-refractivity contribution >= 4 is 23.3 Å². The second-order valence-electron chi connectivity index (χ2n) is 10.5. The van der Waals surface area contributed by atoms with Gasteiger partial charge < -0.3 is 25.6 Å². The molecule has 2 aliphatic heterocycles. The second-order valence-corrected chi connectivity index (χ2v) is 10.5. The Kier molecular flexibility index (Phi) is 7.33. The Morgan fingerprint density at radius 2 is 1.97 bits per heavy atom. The van der Waals surface area contributed by atoms with Gasteiger partial charge in [-0.3, -0.25) is 4.79 Å². The molecule has 2 aromatic rings. The number of aryl methyl sites for hydroxylation is 1. The van der Waals surface area contributed by atoms with Gasteiger partial charge in [0, 0.05) is 37.0 Å². The molecular weight excluding hydrogens is 466 g/mol. The lowest BCUT2D eigenvalue weighted by molar-refractivity contribution is -0.138. The summed E-state index contributed by atoms with van der Waals surface area (Å²) in [5, 5.41) is 18.8. The minimum absolute atomic E-state index is 0.0168. The van der Waals surface area contributed by atoms with E-state index in [0.29, 0.717) is 24.4 Å². The van der Waals surface area contributed by atoms with Crippen LogP contribution in [0.1, 0.15) is 54.8 Å². The molecule has 1 saturated heterocycles. The first-order chi connectivity index (χ1) is 18.0. The van der Waals surface area contributed by atoms with Crippen molar-refractivity contribution in [3.05, 3.63) is 59.2 Å². The molecule has 2 fully saturated rings. The third kappa shape index (κ3) is 5.01. The Labute approximate surface area is 218 Å². The van der Waals surface area contributed by atoms with Gasteiger partial charge in [0.05, 0.1) is 36.2 Å². The van der Waals surface area contributed by atoms with E-state index in [1.54, 1.807) is 25.3 Å². The van der Waals surface area contributed by atoms with Crippen molar-refractivity contribution in [3.8, 4) is 6.07 Å². The molecule has 0 unspecified atom stereocenters. The van der Waals surface area contributed by atoms with Gasteiger partial charge in [0.15, 0.2) is 0 Å². The number of ether oxygens (including phenoxy) is 1. The average Bonchev–Trinajstić information content (AvgIpc) is 3.35. The maximum atomic E-state index is 14.1. The van der Waals surface area contributed by atoms with Crippen molar-refractivity contribution in [2.75, 3.05) is 30.9 Å². The van der Waals surface area contributed by atoms with Crippen LogP contribution in [0, 0.1) is 30.1 Å². The van der Waals surface area contributed by atoms with Gasteiger partial charge in [-0.05, 0) is 61.6 Å². The van der Waals surface area contributed by atoms with E-state index in [1.807, 2.05) is 19.1 Å². The van der Waals surface area contributed by atoms with Crippen LogP contribution in [0.2, 0.25) is 0 Å². The van der Waals surface area contributed by atoms with Gasteiger partial charge in [-0.1, -0.05) is 31.0 Å². The number of carbonyl (C=O) groups excluding carboxylic acids is 2. The SMILES string of the molecule is COC[C@@H]1Nc2ccccc2[C@H]2[C@@H]1CCN2C(=O)[C@H]1CCCC[C@H]1NC(=O)Nc1ccc(C#N)c(C)c1. The summed E-state index contributed by atoms with van der Waals surface area (Å²) in [5.41, 5.74) is 4.26. The molecule has 1 saturated carbocycles. The fraction of sp³-hybridized carbons (Fsp3) is 0.483. The summed E-state index contributed by atoms with van der Waals surface area (Å²) in [5.74, 6) is 0.181. The molecule has 37 heavy (non-hydrogen) atoms. The average molecular weight is 502 g/mol. The summed E-state index contributed by atoms with van der Waals surface area (Å²) in [7, 11) is 1.72. The van der Waals surface area contributed by atoms with Crippen molar-refractivity contribution in [1.29, 1.82) is 5.26 Å². The molecule has 194 valence electrons. The number of benzene rings is 2. The zero-order valence-corrected chi connectivity index (χ0v) is 21.5. The number of para-hydroxylation sites is 1. The number of rotatable bonds is 5. The number of hydrogen-bond acceptors (Lipinski definition) is 5. The zero-order chi connectivity index (χ0) is 25.9. The van der Waals surface area contributed by atoms with E-state index < -0.39 is 0 Å². The first-order valence-electron chi connectivity index (χ1n) is 13.2. The van der Waals surface area contributed by atoms with Gasteiger partial charge in [0.2, 0.25) is 5.91 Å². The van der Waals surface area contributed by atoms with Crippen LogP contribution in [0.3, 0.4) is 0 Å². The van der Waals surface area contributed by atoms with Crippen molar-refractivity contribution < 1.29 is 14.3 Å². The molecule has 8 nitrogen and oxygen atoms in total. The lowest BCUT2D eigenvalue weighted by atomic mass is 9.81. The lowest BCUT2D eigenvalue weighted by Gasteiger charge is -2.41. The monoisotopic (exact) mass is 501 g/mol. The number of amides is 3. The van der Waals surface area contributed by atoms with Crippen LogP contribution in [0.4, 0.5) is 16.2 Å². The first kappa shape index (κ1) is 25.1. The third-order valence-corrected chi connectivity index (χ3v) is 8.22. The predicted molar refractivity (Wildman–Crippen MR) is 142 cm³/mol. The molecule has 3 aliphatic rings. The van der Waals surface area contributed by atoms with Crippen LogP contribution < -0.4 is 16.0 Å². The Bertz CT molecular complexity index is 1210. The standard InChI is InChI=1S/C29H35N5O3/c1-18-15-20(12-11-19(18)16-30)31-29(36)33-25-10-6-4-8-23(25)28(35)34-14-13-22-26(17-37-2)32-24-9-5-3-7-21(24)27(22)34/h3,5,7,9,11-12,15,22-23,25-27,32H,4,6,8,10,13-14,17H2,1-2H3,(H2,31,33,36)/t22-,23+,25-,26+,27+/m1/s1. The van der Waals surface area contributed by atoms with Crippen molar-refractivity contribution in [3.63, 3.8) is 0 Å². The van der Waals surface area contributed by atoms with E-state index in [-0.39, 0.29) is 41.9 Å². The molecule has 0 spiro atoms. The summed E-state index contributed by atoms with van der Waals surface area (Å²) in [6, 6.07) is 15.3. The fourth-order valence-electron chi connectivity index (χ4n) is 6.44. The smallest absolute Gasteiger partial charge is 0.319 e. The zero-order valence-electron chi connectivity index (χ0n) is 21.5. The van der Waals surface area contributed by atoms with Crippen molar-refractivity contribution in [2.45, 2.75) is 57.2 Å². The number of nitrogens with one attached hydrogen (secondary N) is 3. The number of likely N-dealkylation sites (tertiary alicyclic amines) is 1. The van der Waals surface area contributed by atoms with Crippen LogP contribution in [0.5, 0.6) is 0 Å². The Morgan fingerprint density at radius 1 is 1.16 bits per heavy atom. The number of methoxy groups -OCH3 is 1. The van der Waals surface area contributed by atoms with E-state index in [2.05, 4.69) is 39.1 Å². The van der Waals surface area contributed by atoms with Crippen molar-refractivity contribution in [1.82, 2.24) is 10.2 Å². The number of nitrogens with zero attached hydrogens (tertiary/aromatic N) is 2. The van der Waals surface area contributed by atoms with E-state index in [0.717, 1.165) is 43.4 Å². The summed E-state index contributed by atoms with van der Waals surface area (Å²) in [4.78, 5) is 29.0. The van der Waals surface area contributed by atoms with E-state index in [9.17, 15) is 9.59 Å². The van der Waals surface area contributed by atoms with Crippen LogP contribution in [-0.4, -0.2) is 49.2 Å². The highest BCUT2D eigenvalue weighted by Gasteiger charge is 2.48. The van der Waals surface area contributed by atoms with Crippen LogP contribution in [0.25, 0.3) is 0 Å². The minimum atomic E-state index is -0.319. The summed E-state index contributed by atoms with van der Waals surface area (Å²) >= 11 is 0. The second kappa shape index (κ2) is 10.8. The molecule has 3 N–H and O–H groups in total. The van der Waals surface area contributed by atoms with Gasteiger partial charge >= 0.3 is 6.03 Å². The number of carbonyl (C=O) groups is 2. The van der Waals surface area contributed by atoms with Crippen molar-refractivity contribution in [2.24, 2.45) is 11.8 Å². The number of anilines is 2. The largest absolute Gasteiger partial charge is 0.383 e. The summed E-state index contributed by atoms with van der Waals surface area (Å²) in [6.45, 7) is 3.15. The van der Waals surface area contributed by atoms with Gasteiger partial charge in [-0.2, -0.15) is 5.26 Å². The molecule has 1 aliphatic carbocycles. The van der Waals surface area contributed by atoms with Crippen LogP contribution in [0.15, 0.2) is 42.5 Å². The fourth-order valence-corrected chi connectivity index (χ4v) is 6.44. The van der Waals surface area contributed by atoms with Gasteiger partial charge in [-0.15, -0.1) is 0 Å². The van der Waals surface area contributed by atoms with Gasteiger partial charge in [0.25, 0.3) is 0 Å². The molecule has 5 rings (SSSR count). The Morgan fingerprint density at radius 3 is 2.76 bits per heavy atom. The summed E-state index contributed by atoms with van der Waals surface area (Å²) < 4.78 is 5.51. The molecule has 8 heteroatoms. The predicted octanol–water partition coefficient (Wildman–Crippen LogP) is 4.58. The Hall–Kier alpha value is -3.57. The molecule has 0 bridgehead atoms. The number of fused-ring (bicyclic) bond motifs is 3. The topological polar surface area (TPSA) is 106 Å². The highest BCUT2D eigenvalue weighted by Crippen LogP contribution is 2.47. The molecule has 0 radical (unpaired) electrons. The van der Waals surface area contributed by atoms with Crippen LogP contribution >= 0.6 is 0 Å². The van der Waals surface area contributed by atoms with Gasteiger partial charge in [0.1, 0.15) is 0 Å². The first-order valence-corrected chi connectivity index (χ1v) is 13.2. The molecule has 2 aromatic carbocycles. The van der Waals surface area contributed by atoms with Gasteiger partial charge in [-0.25, -0.2) is 4.79 Å². The quantitative estimate of drug-likeness (QED) is 0.556. The minimum Gasteiger partial charge on any atom is -0.383 e. The number of hydrogen-bond donors (Lipinski definition) is 3. The molecule has 5 atom stereocenters. The maximum Gasteiger partial charge on any atom is 0.319 e. The van der Waals surface area contributed by atoms with E-state index >= 15 is 0 Å². The number of urea groups is 1. The Balaban J connectivity index is 1.32. The third-order valence-electron chi connectivity index (χ3n) is 8.22. The summed E-state index contributed by atoms with van der Waals surface area (Å²) in [6.07, 6.45) is 4.45. The molecule has 2 heterocycles. The highest BCUT2D eigenvalue weighted by molar-refractivity contribution is 5.90.